The van der Waals surface area contributed by atoms with Crippen molar-refractivity contribution in [2.45, 2.75) is 19.3 Å². The zero-order valence-corrected chi connectivity index (χ0v) is 27.2. The third-order valence-corrected chi connectivity index (χ3v) is 12.5. The van der Waals surface area contributed by atoms with Crippen molar-refractivity contribution >= 4 is 90.1 Å². The van der Waals surface area contributed by atoms with Gasteiger partial charge in [0.1, 0.15) is 12.1 Å². The minimum Gasteiger partial charge on any atom is -0.288 e. The number of benzene rings is 2. The number of carbonyl (C=O) groups excluding carboxylic acids is 4. The molecule has 0 spiro atoms. The number of rotatable bonds is 2. The summed E-state index contributed by atoms with van der Waals surface area (Å²) in [5, 5.41) is 18.7. The largest absolute Gasteiger partial charge is 0.288 e. The average Bonchev–Trinajstić information content (AvgIpc) is 3.89. The SMILES string of the molecule is [C-]#[N+]c1cc2c(cc1[N+]#[C-])C(=O)C(=Cc1cc3c(s1)-c1sc4cc(C=C5C(=O)c6cc(C#N)c(C#N)cc6C5=O)sc4c1C3(C)C)C2=O. The van der Waals surface area contributed by atoms with Crippen molar-refractivity contribution < 1.29 is 19.2 Å². The summed E-state index contributed by atoms with van der Waals surface area (Å²) in [7, 11) is 0. The predicted molar refractivity (Wildman–Crippen MR) is 183 cm³/mol. The van der Waals surface area contributed by atoms with Gasteiger partial charge < -0.3 is 0 Å². The van der Waals surface area contributed by atoms with Gasteiger partial charge in [0.25, 0.3) is 0 Å². The summed E-state index contributed by atoms with van der Waals surface area (Å²) in [6.07, 6.45) is 3.19. The molecular formula is C37H14N4O4S3. The monoisotopic (exact) mass is 674 g/mol. The van der Waals surface area contributed by atoms with Crippen molar-refractivity contribution in [3.8, 4) is 21.9 Å². The van der Waals surface area contributed by atoms with Crippen LogP contribution in [0.4, 0.5) is 11.4 Å². The van der Waals surface area contributed by atoms with E-state index >= 15 is 0 Å². The third kappa shape index (κ3) is 3.81. The van der Waals surface area contributed by atoms with Crippen molar-refractivity contribution in [2.24, 2.45) is 0 Å². The fraction of sp³-hybridized carbons (Fsp3) is 0.0811. The molecule has 0 aliphatic heterocycles. The molecule has 48 heavy (non-hydrogen) atoms. The van der Waals surface area contributed by atoms with Crippen LogP contribution in [-0.2, 0) is 5.41 Å². The second-order valence-corrected chi connectivity index (χ2v) is 15.1. The number of carbonyl (C=O) groups is 4. The number of allylic oxidation sites excluding steroid dienone is 2. The maximum atomic E-state index is 13.2. The van der Waals surface area contributed by atoms with Crippen LogP contribution >= 0.6 is 34.0 Å². The Morgan fingerprint density at radius 1 is 0.667 bits per heavy atom. The standard InChI is InChI=1S/C37H14N4O4S3/c1-37(2)25-9-17(7-23-32(44)21-11-26(40-3)27(41-4)12-22(21)33(23)45)46-34(25)36-29(37)35-28(48-36)10-18(47-35)8-24-30(42)19-5-15(13-38)16(14-39)6-20(19)31(24)43/h5-12H,1-2H3. The van der Waals surface area contributed by atoms with Crippen molar-refractivity contribution in [1.29, 1.82) is 10.5 Å². The molecule has 0 saturated carbocycles. The van der Waals surface area contributed by atoms with Gasteiger partial charge in [-0.15, -0.1) is 34.0 Å². The number of Topliss-reactive ketones (excluding diaryl/α,β-unsaturated/α-hetero) is 4. The van der Waals surface area contributed by atoms with Gasteiger partial charge in [-0.3, -0.25) is 28.9 Å². The molecule has 5 aromatic rings. The number of nitriles is 2. The molecule has 0 unspecified atom stereocenters. The summed E-state index contributed by atoms with van der Waals surface area (Å²) in [6, 6.07) is 13.1. The maximum absolute atomic E-state index is 13.2. The highest BCUT2D eigenvalue weighted by Crippen LogP contribution is 2.59. The molecule has 3 aliphatic rings. The summed E-state index contributed by atoms with van der Waals surface area (Å²) >= 11 is 4.58. The van der Waals surface area contributed by atoms with E-state index in [2.05, 4.69) is 23.5 Å². The fourth-order valence-electron chi connectivity index (χ4n) is 6.58. The first kappa shape index (κ1) is 29.3. The molecule has 224 valence electrons. The highest BCUT2D eigenvalue weighted by Gasteiger charge is 2.42. The first-order chi connectivity index (χ1) is 23.0. The Morgan fingerprint density at radius 3 is 1.62 bits per heavy atom. The zero-order valence-electron chi connectivity index (χ0n) is 24.8. The smallest absolute Gasteiger partial charge is 0.197 e. The van der Waals surface area contributed by atoms with Gasteiger partial charge in [0.05, 0.1) is 45.0 Å². The van der Waals surface area contributed by atoms with Gasteiger partial charge in [-0.2, -0.15) is 10.5 Å². The van der Waals surface area contributed by atoms with Gasteiger partial charge in [0, 0.05) is 47.0 Å². The molecule has 11 heteroatoms. The molecule has 0 amide bonds. The first-order valence-electron chi connectivity index (χ1n) is 14.3. The summed E-state index contributed by atoms with van der Waals surface area (Å²) in [5.74, 6) is -1.85. The van der Waals surface area contributed by atoms with Gasteiger partial charge in [-0.1, -0.05) is 26.0 Å². The summed E-state index contributed by atoms with van der Waals surface area (Å²) in [4.78, 5) is 63.2. The lowest BCUT2D eigenvalue weighted by Gasteiger charge is -2.19. The number of hydrogen-bond donors (Lipinski definition) is 0. The second kappa shape index (κ2) is 9.96. The van der Waals surface area contributed by atoms with Crippen LogP contribution in [0.15, 0.2) is 47.5 Å². The Labute approximate surface area is 284 Å². The van der Waals surface area contributed by atoms with E-state index in [0.29, 0.717) is 0 Å². The summed E-state index contributed by atoms with van der Waals surface area (Å²) in [5.41, 5.74) is 2.54. The topological polar surface area (TPSA) is 125 Å². The number of nitrogens with zero attached hydrogens (tertiary/aromatic N) is 4. The van der Waals surface area contributed by atoms with Crippen LogP contribution in [0.3, 0.4) is 0 Å². The van der Waals surface area contributed by atoms with E-state index in [0.717, 1.165) is 40.0 Å². The molecule has 0 atom stereocenters. The van der Waals surface area contributed by atoms with Crippen molar-refractivity contribution in [3.05, 3.63) is 125 Å². The molecule has 0 bridgehead atoms. The highest BCUT2D eigenvalue weighted by atomic mass is 32.1. The lowest BCUT2D eigenvalue weighted by atomic mass is 9.84. The lowest BCUT2D eigenvalue weighted by Crippen LogP contribution is -2.13. The van der Waals surface area contributed by atoms with Gasteiger partial charge in [0.2, 0.25) is 0 Å². The predicted octanol–water partition coefficient (Wildman–Crippen LogP) is 9.10. The molecule has 3 heterocycles. The Hall–Kier alpha value is -6.08. The number of ketones is 4. The van der Waals surface area contributed by atoms with Crippen molar-refractivity contribution in [2.75, 3.05) is 0 Å². The van der Waals surface area contributed by atoms with E-state index in [1.807, 2.05) is 24.3 Å². The molecule has 2 aromatic carbocycles. The second-order valence-electron chi connectivity index (χ2n) is 11.9. The van der Waals surface area contributed by atoms with Crippen LogP contribution in [0.25, 0.3) is 41.0 Å². The Kier molecular flexibility index (Phi) is 6.09. The molecule has 0 saturated heterocycles. The van der Waals surface area contributed by atoms with E-state index in [4.69, 9.17) is 13.1 Å². The van der Waals surface area contributed by atoms with E-state index in [1.165, 1.54) is 46.9 Å². The molecule has 0 radical (unpaired) electrons. The summed E-state index contributed by atoms with van der Waals surface area (Å²) in [6.45, 7) is 18.9. The van der Waals surface area contributed by atoms with Crippen molar-refractivity contribution in [1.82, 2.24) is 0 Å². The van der Waals surface area contributed by atoms with Crippen LogP contribution in [0.1, 0.15) is 87.3 Å². The van der Waals surface area contributed by atoms with E-state index in [-0.39, 0.29) is 55.9 Å². The van der Waals surface area contributed by atoms with Crippen LogP contribution < -0.4 is 0 Å². The summed E-state index contributed by atoms with van der Waals surface area (Å²) < 4.78 is 2.05. The fourth-order valence-corrected chi connectivity index (χ4v) is 10.9. The van der Waals surface area contributed by atoms with Crippen LogP contribution in [0.2, 0.25) is 0 Å². The average molecular weight is 675 g/mol. The van der Waals surface area contributed by atoms with Crippen LogP contribution in [0, 0.1) is 35.8 Å². The molecule has 8 rings (SSSR count). The molecule has 0 fully saturated rings. The van der Waals surface area contributed by atoms with Gasteiger partial charge in [-0.25, -0.2) is 0 Å². The zero-order chi connectivity index (χ0) is 33.8. The van der Waals surface area contributed by atoms with E-state index in [9.17, 15) is 29.7 Å². The number of fused-ring (bicyclic) bond motifs is 7. The Bertz CT molecular complexity index is 2610. The molecule has 8 nitrogen and oxygen atoms in total. The van der Waals surface area contributed by atoms with Crippen molar-refractivity contribution in [3.63, 3.8) is 0 Å². The van der Waals surface area contributed by atoms with Gasteiger partial charge in [-0.05, 0) is 47.5 Å². The Balaban J connectivity index is 1.15. The Morgan fingerprint density at radius 2 is 1.15 bits per heavy atom. The quantitative estimate of drug-likeness (QED) is 0.105. The highest BCUT2D eigenvalue weighted by molar-refractivity contribution is 7.32. The van der Waals surface area contributed by atoms with Crippen LogP contribution in [-0.4, -0.2) is 23.1 Å². The number of thiophene rings is 3. The van der Waals surface area contributed by atoms with E-state index < -0.39 is 28.5 Å². The molecule has 3 aliphatic carbocycles. The van der Waals surface area contributed by atoms with Gasteiger partial charge >= 0.3 is 0 Å². The minimum absolute atomic E-state index is 0.000594. The minimum atomic E-state index is -0.469. The van der Waals surface area contributed by atoms with Gasteiger partial charge in [0.15, 0.2) is 34.5 Å². The normalized spacial score (nSPS) is 15.0. The lowest BCUT2D eigenvalue weighted by molar-refractivity contribution is 0.0975. The van der Waals surface area contributed by atoms with Crippen LogP contribution in [0.5, 0.6) is 0 Å². The molecule has 3 aromatic heterocycles. The third-order valence-electron chi connectivity index (χ3n) is 8.92. The maximum Gasteiger partial charge on any atom is 0.197 e. The molecular weight excluding hydrogens is 661 g/mol. The number of hydrogen-bond acceptors (Lipinski definition) is 9. The molecule has 0 N–H and O–H groups in total. The first-order valence-corrected chi connectivity index (χ1v) is 16.7. The van der Waals surface area contributed by atoms with E-state index in [1.54, 1.807) is 23.5 Å².